The number of fused-ring (bicyclic) bond motifs is 1. The highest BCUT2D eigenvalue weighted by Gasteiger charge is 2.22. The van der Waals surface area contributed by atoms with Gasteiger partial charge in [-0.2, -0.15) is 0 Å². The van der Waals surface area contributed by atoms with Gasteiger partial charge < -0.3 is 14.8 Å². The van der Waals surface area contributed by atoms with Gasteiger partial charge in [0.2, 0.25) is 11.1 Å². The number of benzene rings is 1. The van der Waals surface area contributed by atoms with Crippen LogP contribution in [-0.4, -0.2) is 44.6 Å². The predicted molar refractivity (Wildman–Crippen MR) is 92.8 cm³/mol. The van der Waals surface area contributed by atoms with E-state index in [4.69, 9.17) is 9.47 Å². The molecule has 1 aliphatic rings. The van der Waals surface area contributed by atoms with Crippen LogP contribution in [0.25, 0.3) is 0 Å². The van der Waals surface area contributed by atoms with E-state index >= 15 is 0 Å². The Balaban J connectivity index is 1.61. The lowest BCUT2D eigenvalue weighted by Gasteiger charge is -2.13. The van der Waals surface area contributed by atoms with E-state index in [9.17, 15) is 4.79 Å². The van der Waals surface area contributed by atoms with E-state index in [1.165, 1.54) is 16.4 Å². The number of thioether (sulfide) groups is 1. The van der Waals surface area contributed by atoms with Crippen molar-refractivity contribution in [2.75, 3.05) is 12.4 Å². The van der Waals surface area contributed by atoms with Crippen LogP contribution in [0.1, 0.15) is 25.0 Å². The zero-order chi connectivity index (χ0) is 17.8. The normalized spacial score (nSPS) is 15.6. The molecule has 9 heteroatoms. The molecule has 1 aliphatic heterocycles. The minimum atomic E-state index is -0.0924. The van der Waals surface area contributed by atoms with E-state index in [2.05, 4.69) is 20.8 Å². The van der Waals surface area contributed by atoms with Crippen molar-refractivity contribution in [2.24, 2.45) is 7.05 Å². The van der Waals surface area contributed by atoms with Gasteiger partial charge in [0.1, 0.15) is 17.6 Å². The van der Waals surface area contributed by atoms with Crippen LogP contribution in [-0.2, 0) is 24.8 Å². The van der Waals surface area contributed by atoms with E-state index in [1.807, 2.05) is 26.0 Å². The number of tetrazole rings is 1. The van der Waals surface area contributed by atoms with Crippen LogP contribution in [0.5, 0.6) is 11.5 Å². The summed E-state index contributed by atoms with van der Waals surface area (Å²) in [5.41, 5.74) is 2.06. The number of hydrogen-bond acceptors (Lipinski definition) is 7. The maximum Gasteiger partial charge on any atom is 0.230 e. The van der Waals surface area contributed by atoms with Gasteiger partial charge in [0.25, 0.3) is 0 Å². The molecule has 25 heavy (non-hydrogen) atoms. The van der Waals surface area contributed by atoms with Gasteiger partial charge in [0.05, 0.1) is 12.4 Å². The number of nitrogens with zero attached hydrogens (tertiary/aromatic N) is 4. The molecule has 0 aliphatic carbocycles. The molecule has 0 saturated heterocycles. The molecule has 2 heterocycles. The SMILES string of the molecule is CCOc1cc2c(cc1CNC(=O)CSc1nnnn1C)O[C@H](C)C2. The second-order valence-electron chi connectivity index (χ2n) is 5.78. The lowest BCUT2D eigenvalue weighted by atomic mass is 10.1. The number of carbonyl (C=O) groups excluding carboxylic acids is 1. The average molecular weight is 363 g/mol. The molecule has 0 spiro atoms. The zero-order valence-corrected chi connectivity index (χ0v) is 15.3. The molecular weight excluding hydrogens is 342 g/mol. The molecule has 1 N–H and O–H groups in total. The first kappa shape index (κ1) is 17.5. The van der Waals surface area contributed by atoms with E-state index in [0.717, 1.165) is 29.0 Å². The lowest BCUT2D eigenvalue weighted by molar-refractivity contribution is -0.118. The molecular formula is C16H21N5O3S. The van der Waals surface area contributed by atoms with E-state index in [0.29, 0.717) is 18.3 Å². The summed E-state index contributed by atoms with van der Waals surface area (Å²) in [7, 11) is 1.74. The summed E-state index contributed by atoms with van der Waals surface area (Å²) in [4.78, 5) is 12.1. The maximum atomic E-state index is 12.1. The van der Waals surface area contributed by atoms with Crippen molar-refractivity contribution in [1.29, 1.82) is 0 Å². The summed E-state index contributed by atoms with van der Waals surface area (Å²) >= 11 is 1.29. The molecule has 1 atom stereocenters. The Kier molecular flexibility index (Phi) is 5.42. The van der Waals surface area contributed by atoms with Crippen molar-refractivity contribution >= 4 is 17.7 Å². The van der Waals surface area contributed by atoms with Crippen LogP contribution < -0.4 is 14.8 Å². The number of amides is 1. The molecule has 134 valence electrons. The highest BCUT2D eigenvalue weighted by Crippen LogP contribution is 2.35. The molecule has 0 unspecified atom stereocenters. The Morgan fingerprint density at radius 1 is 1.52 bits per heavy atom. The van der Waals surface area contributed by atoms with Gasteiger partial charge >= 0.3 is 0 Å². The number of aryl methyl sites for hydroxylation is 1. The Hall–Kier alpha value is -2.29. The first-order valence-electron chi connectivity index (χ1n) is 8.14. The summed E-state index contributed by atoms with van der Waals surface area (Å²) in [6.45, 7) is 4.95. The van der Waals surface area contributed by atoms with Gasteiger partial charge in [-0.05, 0) is 36.4 Å². The number of ether oxygens (including phenoxy) is 2. The Morgan fingerprint density at radius 2 is 2.36 bits per heavy atom. The van der Waals surface area contributed by atoms with Gasteiger partial charge in [-0.3, -0.25) is 4.79 Å². The van der Waals surface area contributed by atoms with Crippen LogP contribution in [0.2, 0.25) is 0 Å². The smallest absolute Gasteiger partial charge is 0.230 e. The Bertz CT molecular complexity index is 764. The summed E-state index contributed by atoms with van der Waals surface area (Å²) < 4.78 is 13.1. The standard InChI is InChI=1S/C16H21N5O3S/c1-4-23-13-6-11-5-10(2)24-14(11)7-12(13)8-17-15(22)9-25-16-18-19-20-21(16)3/h6-7,10H,4-5,8-9H2,1-3H3,(H,17,22)/t10-/m1/s1. The minimum absolute atomic E-state index is 0.0924. The van der Waals surface area contributed by atoms with Gasteiger partial charge in [-0.15, -0.1) is 5.10 Å². The van der Waals surface area contributed by atoms with E-state index in [-0.39, 0.29) is 17.8 Å². The van der Waals surface area contributed by atoms with Crippen molar-refractivity contribution in [3.63, 3.8) is 0 Å². The second-order valence-corrected chi connectivity index (χ2v) is 6.73. The number of hydrogen-bond donors (Lipinski definition) is 1. The summed E-state index contributed by atoms with van der Waals surface area (Å²) in [6, 6.07) is 3.98. The molecule has 1 amide bonds. The maximum absolute atomic E-state index is 12.1. The topological polar surface area (TPSA) is 91.2 Å². The first-order chi connectivity index (χ1) is 12.1. The fraction of sp³-hybridized carbons (Fsp3) is 0.500. The molecule has 0 radical (unpaired) electrons. The zero-order valence-electron chi connectivity index (χ0n) is 14.5. The molecule has 8 nitrogen and oxygen atoms in total. The molecule has 0 bridgehead atoms. The summed E-state index contributed by atoms with van der Waals surface area (Å²) in [6.07, 6.45) is 1.05. The third-order valence-corrected chi connectivity index (χ3v) is 4.78. The highest BCUT2D eigenvalue weighted by molar-refractivity contribution is 7.99. The molecule has 0 fully saturated rings. The van der Waals surface area contributed by atoms with E-state index in [1.54, 1.807) is 7.05 Å². The molecule has 0 saturated carbocycles. The highest BCUT2D eigenvalue weighted by atomic mass is 32.2. The van der Waals surface area contributed by atoms with Gasteiger partial charge in [0, 0.05) is 31.1 Å². The summed E-state index contributed by atoms with van der Waals surface area (Å²) in [5, 5.41) is 14.6. The molecule has 1 aromatic heterocycles. The van der Waals surface area contributed by atoms with Crippen molar-refractivity contribution in [3.05, 3.63) is 23.3 Å². The average Bonchev–Trinajstić information content (AvgIpc) is 3.15. The predicted octanol–water partition coefficient (Wildman–Crippen LogP) is 1.34. The minimum Gasteiger partial charge on any atom is -0.494 e. The number of rotatable bonds is 7. The van der Waals surface area contributed by atoms with Crippen molar-refractivity contribution in [1.82, 2.24) is 25.5 Å². The van der Waals surface area contributed by atoms with Gasteiger partial charge in [0.15, 0.2) is 0 Å². The van der Waals surface area contributed by atoms with Crippen LogP contribution in [0, 0.1) is 0 Å². The molecule has 2 aromatic rings. The molecule has 1 aromatic carbocycles. The quantitative estimate of drug-likeness (QED) is 0.742. The number of nitrogens with one attached hydrogen (secondary N) is 1. The Morgan fingerprint density at radius 3 is 3.08 bits per heavy atom. The largest absolute Gasteiger partial charge is 0.494 e. The van der Waals surface area contributed by atoms with Crippen LogP contribution >= 0.6 is 11.8 Å². The van der Waals surface area contributed by atoms with Crippen molar-refractivity contribution in [2.45, 2.75) is 38.1 Å². The monoisotopic (exact) mass is 363 g/mol. The van der Waals surface area contributed by atoms with E-state index < -0.39 is 0 Å². The fourth-order valence-corrected chi connectivity index (χ4v) is 3.31. The van der Waals surface area contributed by atoms with Crippen molar-refractivity contribution in [3.8, 4) is 11.5 Å². The molecule has 3 rings (SSSR count). The van der Waals surface area contributed by atoms with Gasteiger partial charge in [-0.25, -0.2) is 4.68 Å². The van der Waals surface area contributed by atoms with Crippen LogP contribution in [0.4, 0.5) is 0 Å². The fourth-order valence-electron chi connectivity index (χ4n) is 2.63. The van der Waals surface area contributed by atoms with Crippen molar-refractivity contribution < 1.29 is 14.3 Å². The lowest BCUT2D eigenvalue weighted by Crippen LogP contribution is -2.25. The third-order valence-electron chi connectivity index (χ3n) is 3.77. The number of carbonyl (C=O) groups is 1. The van der Waals surface area contributed by atoms with Gasteiger partial charge in [-0.1, -0.05) is 11.8 Å². The Labute approximate surface area is 150 Å². The summed E-state index contributed by atoms with van der Waals surface area (Å²) in [5.74, 6) is 1.82. The first-order valence-corrected chi connectivity index (χ1v) is 9.12. The number of aromatic nitrogens is 4. The third kappa shape index (κ3) is 4.22. The van der Waals surface area contributed by atoms with Crippen LogP contribution in [0.3, 0.4) is 0 Å². The second kappa shape index (κ2) is 7.73. The van der Waals surface area contributed by atoms with Crippen LogP contribution in [0.15, 0.2) is 17.3 Å².